The van der Waals surface area contributed by atoms with Crippen LogP contribution < -0.4 is 5.32 Å². The SMILES string of the molecule is CCNC1CC(C)CC(C)C1N(C)C1CCOCC1. The van der Waals surface area contributed by atoms with Crippen molar-refractivity contribution in [3.63, 3.8) is 0 Å². The van der Waals surface area contributed by atoms with Gasteiger partial charge in [-0.15, -0.1) is 0 Å². The van der Waals surface area contributed by atoms with E-state index in [-0.39, 0.29) is 0 Å². The normalized spacial score (nSPS) is 37.7. The minimum atomic E-state index is 0.664. The van der Waals surface area contributed by atoms with Crippen LogP contribution in [0.5, 0.6) is 0 Å². The molecule has 4 atom stereocenters. The fourth-order valence-electron chi connectivity index (χ4n) is 4.33. The summed E-state index contributed by atoms with van der Waals surface area (Å²) >= 11 is 0. The minimum Gasteiger partial charge on any atom is -0.381 e. The number of rotatable bonds is 4. The van der Waals surface area contributed by atoms with E-state index < -0.39 is 0 Å². The molecule has 2 fully saturated rings. The number of hydrogen-bond acceptors (Lipinski definition) is 3. The number of likely N-dealkylation sites (N-methyl/N-ethyl adjacent to an activating group) is 2. The van der Waals surface area contributed by atoms with Crippen molar-refractivity contribution in [2.45, 2.75) is 64.6 Å². The molecule has 0 aromatic rings. The first-order valence-electron chi connectivity index (χ1n) is 8.16. The largest absolute Gasteiger partial charge is 0.381 e. The molecule has 0 bridgehead atoms. The van der Waals surface area contributed by atoms with Crippen LogP contribution in [0.25, 0.3) is 0 Å². The van der Waals surface area contributed by atoms with Gasteiger partial charge in [0.2, 0.25) is 0 Å². The molecule has 3 nitrogen and oxygen atoms in total. The Balaban J connectivity index is 2.04. The summed E-state index contributed by atoms with van der Waals surface area (Å²) in [5, 5.41) is 3.74. The average molecular weight is 268 g/mol. The Hall–Kier alpha value is -0.120. The van der Waals surface area contributed by atoms with E-state index in [0.717, 1.165) is 37.6 Å². The van der Waals surface area contributed by atoms with Crippen LogP contribution in [0.4, 0.5) is 0 Å². The summed E-state index contributed by atoms with van der Waals surface area (Å²) in [4.78, 5) is 2.67. The second-order valence-corrected chi connectivity index (χ2v) is 6.72. The number of nitrogens with zero attached hydrogens (tertiary/aromatic N) is 1. The van der Waals surface area contributed by atoms with Gasteiger partial charge in [-0.05, 0) is 51.1 Å². The van der Waals surface area contributed by atoms with Gasteiger partial charge in [-0.1, -0.05) is 20.8 Å². The van der Waals surface area contributed by atoms with Crippen LogP contribution in [-0.4, -0.2) is 49.8 Å². The molecule has 1 aliphatic carbocycles. The Morgan fingerprint density at radius 2 is 1.84 bits per heavy atom. The van der Waals surface area contributed by atoms with Crippen molar-refractivity contribution in [3.8, 4) is 0 Å². The maximum absolute atomic E-state index is 5.51. The molecule has 3 heteroatoms. The highest BCUT2D eigenvalue weighted by Crippen LogP contribution is 2.33. The molecule has 0 aromatic heterocycles. The van der Waals surface area contributed by atoms with Crippen molar-refractivity contribution in [3.05, 3.63) is 0 Å². The quantitative estimate of drug-likeness (QED) is 0.848. The van der Waals surface area contributed by atoms with Crippen molar-refractivity contribution in [2.75, 3.05) is 26.8 Å². The zero-order valence-corrected chi connectivity index (χ0v) is 13.2. The summed E-state index contributed by atoms with van der Waals surface area (Å²) in [6, 6.07) is 2.08. The molecule has 112 valence electrons. The molecule has 0 aromatic carbocycles. The lowest BCUT2D eigenvalue weighted by Crippen LogP contribution is -2.58. The molecule has 0 amide bonds. The van der Waals surface area contributed by atoms with Gasteiger partial charge in [0.15, 0.2) is 0 Å². The molecule has 1 saturated heterocycles. The summed E-state index contributed by atoms with van der Waals surface area (Å²) < 4.78 is 5.51. The second-order valence-electron chi connectivity index (χ2n) is 6.72. The molecular weight excluding hydrogens is 236 g/mol. The summed E-state index contributed by atoms with van der Waals surface area (Å²) in [7, 11) is 2.34. The van der Waals surface area contributed by atoms with Crippen LogP contribution in [0.3, 0.4) is 0 Å². The first kappa shape index (κ1) is 15.3. The molecule has 2 aliphatic rings. The van der Waals surface area contributed by atoms with E-state index >= 15 is 0 Å². The van der Waals surface area contributed by atoms with Gasteiger partial charge in [0, 0.05) is 31.3 Å². The number of hydrogen-bond donors (Lipinski definition) is 1. The van der Waals surface area contributed by atoms with E-state index in [9.17, 15) is 0 Å². The Morgan fingerprint density at radius 1 is 1.16 bits per heavy atom. The van der Waals surface area contributed by atoms with Crippen LogP contribution in [0.1, 0.15) is 46.5 Å². The Labute approximate surface area is 119 Å². The van der Waals surface area contributed by atoms with E-state index in [0.29, 0.717) is 12.1 Å². The van der Waals surface area contributed by atoms with Crippen LogP contribution in [0.15, 0.2) is 0 Å². The van der Waals surface area contributed by atoms with E-state index in [1.54, 1.807) is 0 Å². The van der Waals surface area contributed by atoms with Gasteiger partial charge in [-0.3, -0.25) is 4.90 Å². The van der Waals surface area contributed by atoms with Crippen molar-refractivity contribution in [1.29, 1.82) is 0 Å². The van der Waals surface area contributed by atoms with Gasteiger partial charge in [0.05, 0.1) is 0 Å². The molecule has 0 radical (unpaired) electrons. The second kappa shape index (κ2) is 7.05. The zero-order valence-electron chi connectivity index (χ0n) is 13.2. The van der Waals surface area contributed by atoms with E-state index in [1.807, 2.05) is 0 Å². The summed E-state index contributed by atoms with van der Waals surface area (Å²) in [5.41, 5.74) is 0. The average Bonchev–Trinajstić information content (AvgIpc) is 2.39. The van der Waals surface area contributed by atoms with Crippen LogP contribution in [0, 0.1) is 11.8 Å². The van der Waals surface area contributed by atoms with Crippen molar-refractivity contribution in [2.24, 2.45) is 11.8 Å². The summed E-state index contributed by atoms with van der Waals surface area (Å²) in [6.45, 7) is 10.1. The zero-order chi connectivity index (χ0) is 13.8. The maximum atomic E-state index is 5.51. The van der Waals surface area contributed by atoms with Crippen molar-refractivity contribution in [1.82, 2.24) is 10.2 Å². The Kier molecular flexibility index (Phi) is 5.67. The smallest absolute Gasteiger partial charge is 0.0480 e. The van der Waals surface area contributed by atoms with Crippen molar-refractivity contribution >= 4 is 0 Å². The maximum Gasteiger partial charge on any atom is 0.0480 e. The lowest BCUT2D eigenvalue weighted by atomic mass is 9.75. The van der Waals surface area contributed by atoms with Crippen molar-refractivity contribution < 1.29 is 4.74 Å². The standard InChI is InChI=1S/C16H32N2O/c1-5-17-15-11-12(2)10-13(3)16(15)18(4)14-6-8-19-9-7-14/h12-17H,5-11H2,1-4H3. The minimum absolute atomic E-state index is 0.664. The van der Waals surface area contributed by atoms with Gasteiger partial charge in [-0.2, -0.15) is 0 Å². The van der Waals surface area contributed by atoms with E-state index in [4.69, 9.17) is 4.74 Å². The lowest BCUT2D eigenvalue weighted by molar-refractivity contribution is -0.00536. The predicted molar refractivity (Wildman–Crippen MR) is 80.4 cm³/mol. The van der Waals surface area contributed by atoms with Crippen LogP contribution in [0.2, 0.25) is 0 Å². The fourth-order valence-corrected chi connectivity index (χ4v) is 4.33. The van der Waals surface area contributed by atoms with Gasteiger partial charge >= 0.3 is 0 Å². The van der Waals surface area contributed by atoms with Gasteiger partial charge in [0.25, 0.3) is 0 Å². The summed E-state index contributed by atoms with van der Waals surface area (Å²) in [5.74, 6) is 1.65. The first-order chi connectivity index (χ1) is 9.13. The summed E-state index contributed by atoms with van der Waals surface area (Å²) in [6.07, 6.45) is 5.11. The molecule has 1 N–H and O–H groups in total. The van der Waals surface area contributed by atoms with E-state index in [1.165, 1.54) is 25.7 Å². The van der Waals surface area contributed by atoms with E-state index in [2.05, 4.69) is 38.0 Å². The first-order valence-corrected chi connectivity index (χ1v) is 8.16. The fraction of sp³-hybridized carbons (Fsp3) is 1.00. The molecule has 2 rings (SSSR count). The number of ether oxygens (including phenoxy) is 1. The van der Waals surface area contributed by atoms with Crippen LogP contribution >= 0.6 is 0 Å². The number of nitrogens with one attached hydrogen (secondary N) is 1. The highest BCUT2D eigenvalue weighted by molar-refractivity contribution is 4.95. The predicted octanol–water partition coefficient (Wildman–Crippen LogP) is 2.51. The molecule has 4 unspecified atom stereocenters. The lowest BCUT2D eigenvalue weighted by Gasteiger charge is -2.48. The Bertz CT molecular complexity index is 265. The molecule has 1 heterocycles. The van der Waals surface area contributed by atoms with Gasteiger partial charge in [0.1, 0.15) is 0 Å². The van der Waals surface area contributed by atoms with Crippen LogP contribution in [-0.2, 0) is 4.74 Å². The molecule has 0 spiro atoms. The van der Waals surface area contributed by atoms with Gasteiger partial charge < -0.3 is 10.1 Å². The molecule has 1 aliphatic heterocycles. The molecule has 1 saturated carbocycles. The highest BCUT2D eigenvalue weighted by Gasteiger charge is 2.38. The third-order valence-corrected chi connectivity index (χ3v) is 5.13. The molecular formula is C16H32N2O. The monoisotopic (exact) mass is 268 g/mol. The third kappa shape index (κ3) is 3.71. The van der Waals surface area contributed by atoms with Gasteiger partial charge in [-0.25, -0.2) is 0 Å². The highest BCUT2D eigenvalue weighted by atomic mass is 16.5. The third-order valence-electron chi connectivity index (χ3n) is 5.13. The topological polar surface area (TPSA) is 24.5 Å². The molecule has 19 heavy (non-hydrogen) atoms. The Morgan fingerprint density at radius 3 is 2.47 bits per heavy atom.